The number of anilines is 1. The monoisotopic (exact) mass is 164 g/mol. The fraction of sp³-hybridized carbons (Fsp3) is 0.143. The minimum absolute atomic E-state index is 0.187. The highest BCUT2D eigenvalue weighted by molar-refractivity contribution is 5.76. The third kappa shape index (κ3) is 0.868. The molecule has 0 radical (unpaired) electrons. The maximum absolute atomic E-state index is 11.0. The first-order valence-electron chi connectivity index (χ1n) is 3.55. The van der Waals surface area contributed by atoms with Crippen LogP contribution in [0.2, 0.25) is 0 Å². The standard InChI is InChI=1S/C7H8N4O/c1-8-4-2-5-6(9-3-4)7(12)11-10-5/h2-3,8H,1H3,(H2,10,11,12). The highest BCUT2D eigenvalue weighted by Crippen LogP contribution is 2.09. The normalized spacial score (nSPS) is 10.4. The summed E-state index contributed by atoms with van der Waals surface area (Å²) in [5.74, 6) is 0. The smallest absolute Gasteiger partial charge is 0.290 e. The SMILES string of the molecule is CNc1cnc2c(=O)[nH][nH]c2c1. The molecule has 3 N–H and O–H groups in total. The molecule has 2 aromatic heterocycles. The Morgan fingerprint density at radius 1 is 1.50 bits per heavy atom. The molecule has 0 aliphatic rings. The second kappa shape index (κ2) is 2.37. The number of pyridine rings is 1. The van der Waals surface area contributed by atoms with Crippen LogP contribution in [0.1, 0.15) is 0 Å². The average Bonchev–Trinajstić information content (AvgIpc) is 2.47. The summed E-state index contributed by atoms with van der Waals surface area (Å²) in [4.78, 5) is 15.0. The van der Waals surface area contributed by atoms with Gasteiger partial charge in [-0.15, -0.1) is 0 Å². The van der Waals surface area contributed by atoms with Crippen LogP contribution in [0.3, 0.4) is 0 Å². The first-order valence-corrected chi connectivity index (χ1v) is 3.55. The van der Waals surface area contributed by atoms with Gasteiger partial charge in [0, 0.05) is 7.05 Å². The predicted molar refractivity (Wildman–Crippen MR) is 46.3 cm³/mol. The average molecular weight is 164 g/mol. The molecular formula is C7H8N4O. The zero-order valence-electron chi connectivity index (χ0n) is 6.51. The molecule has 2 heterocycles. The van der Waals surface area contributed by atoms with Crippen molar-refractivity contribution in [3.63, 3.8) is 0 Å². The van der Waals surface area contributed by atoms with Crippen LogP contribution in [-0.4, -0.2) is 22.2 Å². The molecule has 0 saturated carbocycles. The van der Waals surface area contributed by atoms with E-state index in [1.54, 1.807) is 13.2 Å². The van der Waals surface area contributed by atoms with Gasteiger partial charge >= 0.3 is 0 Å². The van der Waals surface area contributed by atoms with E-state index in [0.29, 0.717) is 11.0 Å². The topological polar surface area (TPSA) is 73.6 Å². The largest absolute Gasteiger partial charge is 0.387 e. The summed E-state index contributed by atoms with van der Waals surface area (Å²) in [6, 6.07) is 1.82. The Bertz CT molecular complexity index is 456. The van der Waals surface area contributed by atoms with Crippen molar-refractivity contribution in [2.45, 2.75) is 0 Å². The van der Waals surface area contributed by atoms with E-state index in [9.17, 15) is 4.79 Å². The molecule has 0 bridgehead atoms. The Hall–Kier alpha value is -1.78. The molecule has 0 aromatic carbocycles. The van der Waals surface area contributed by atoms with Crippen LogP contribution in [0.4, 0.5) is 5.69 Å². The van der Waals surface area contributed by atoms with Crippen LogP contribution >= 0.6 is 0 Å². The molecule has 0 aliphatic carbocycles. The quantitative estimate of drug-likeness (QED) is 0.567. The van der Waals surface area contributed by atoms with Gasteiger partial charge in [-0.05, 0) is 6.07 Å². The molecule has 0 fully saturated rings. The molecule has 62 valence electrons. The van der Waals surface area contributed by atoms with Crippen LogP contribution in [0, 0.1) is 0 Å². The van der Waals surface area contributed by atoms with Crippen LogP contribution in [0.5, 0.6) is 0 Å². The molecule has 0 spiro atoms. The number of hydrogen-bond donors (Lipinski definition) is 3. The molecule has 0 atom stereocenters. The van der Waals surface area contributed by atoms with Gasteiger partial charge < -0.3 is 5.32 Å². The Labute approximate surface area is 67.8 Å². The second-order valence-electron chi connectivity index (χ2n) is 2.45. The van der Waals surface area contributed by atoms with Gasteiger partial charge in [0.05, 0.1) is 17.4 Å². The molecule has 0 aliphatic heterocycles. The van der Waals surface area contributed by atoms with Crippen molar-refractivity contribution in [3.05, 3.63) is 22.6 Å². The van der Waals surface area contributed by atoms with E-state index >= 15 is 0 Å². The maximum Gasteiger partial charge on any atom is 0.290 e. The highest BCUT2D eigenvalue weighted by Gasteiger charge is 2.01. The summed E-state index contributed by atoms with van der Waals surface area (Å²) < 4.78 is 0. The Balaban J connectivity index is 2.77. The lowest BCUT2D eigenvalue weighted by Crippen LogP contribution is -1.99. The minimum Gasteiger partial charge on any atom is -0.387 e. The summed E-state index contributed by atoms with van der Waals surface area (Å²) in [6.07, 6.45) is 1.62. The molecule has 2 aromatic rings. The van der Waals surface area contributed by atoms with E-state index in [1.165, 1.54) is 0 Å². The first-order chi connectivity index (χ1) is 5.81. The number of nitrogens with one attached hydrogen (secondary N) is 3. The van der Waals surface area contributed by atoms with E-state index in [4.69, 9.17) is 0 Å². The molecule has 5 heteroatoms. The molecule has 12 heavy (non-hydrogen) atoms. The lowest BCUT2D eigenvalue weighted by atomic mass is 10.3. The number of aromatic nitrogens is 3. The number of rotatable bonds is 1. The third-order valence-electron chi connectivity index (χ3n) is 1.70. The Morgan fingerprint density at radius 3 is 3.08 bits per heavy atom. The highest BCUT2D eigenvalue weighted by atomic mass is 16.1. The van der Waals surface area contributed by atoms with Crippen molar-refractivity contribution in [1.82, 2.24) is 15.2 Å². The maximum atomic E-state index is 11.0. The van der Waals surface area contributed by atoms with E-state index in [2.05, 4.69) is 20.5 Å². The van der Waals surface area contributed by atoms with Crippen LogP contribution in [0.15, 0.2) is 17.1 Å². The molecular weight excluding hydrogens is 156 g/mol. The number of aromatic amines is 2. The van der Waals surface area contributed by atoms with Crippen molar-refractivity contribution in [3.8, 4) is 0 Å². The molecule has 0 amide bonds. The van der Waals surface area contributed by atoms with Gasteiger partial charge in [0.2, 0.25) is 0 Å². The lowest BCUT2D eigenvalue weighted by molar-refractivity contribution is 1.08. The molecule has 0 unspecified atom stereocenters. The fourth-order valence-corrected chi connectivity index (χ4v) is 1.06. The van der Waals surface area contributed by atoms with Crippen LogP contribution < -0.4 is 10.9 Å². The minimum atomic E-state index is -0.187. The zero-order valence-corrected chi connectivity index (χ0v) is 6.51. The van der Waals surface area contributed by atoms with Gasteiger partial charge in [0.1, 0.15) is 0 Å². The van der Waals surface area contributed by atoms with Gasteiger partial charge in [0.15, 0.2) is 5.52 Å². The second-order valence-corrected chi connectivity index (χ2v) is 2.45. The number of hydrogen-bond acceptors (Lipinski definition) is 3. The number of nitrogens with zero attached hydrogens (tertiary/aromatic N) is 1. The summed E-state index contributed by atoms with van der Waals surface area (Å²) >= 11 is 0. The van der Waals surface area contributed by atoms with Crippen molar-refractivity contribution in [2.75, 3.05) is 12.4 Å². The van der Waals surface area contributed by atoms with Gasteiger partial charge in [-0.25, -0.2) is 4.98 Å². The van der Waals surface area contributed by atoms with E-state index in [1.807, 2.05) is 6.07 Å². The van der Waals surface area contributed by atoms with Gasteiger partial charge in [-0.2, -0.15) is 0 Å². The van der Waals surface area contributed by atoms with Crippen LogP contribution in [-0.2, 0) is 0 Å². The third-order valence-corrected chi connectivity index (χ3v) is 1.70. The summed E-state index contributed by atoms with van der Waals surface area (Å²) in [7, 11) is 1.80. The Kier molecular flexibility index (Phi) is 1.36. The van der Waals surface area contributed by atoms with Gasteiger partial charge in [0.25, 0.3) is 5.56 Å². The molecule has 2 rings (SSSR count). The summed E-state index contributed by atoms with van der Waals surface area (Å²) in [5.41, 5.74) is 1.84. The lowest BCUT2D eigenvalue weighted by Gasteiger charge is -1.96. The number of H-pyrrole nitrogens is 2. The molecule has 5 nitrogen and oxygen atoms in total. The first kappa shape index (κ1) is 6.90. The van der Waals surface area contributed by atoms with Crippen molar-refractivity contribution >= 4 is 16.7 Å². The summed E-state index contributed by atoms with van der Waals surface area (Å²) in [5, 5.41) is 8.11. The summed E-state index contributed by atoms with van der Waals surface area (Å²) in [6.45, 7) is 0. The van der Waals surface area contributed by atoms with Crippen molar-refractivity contribution in [1.29, 1.82) is 0 Å². The van der Waals surface area contributed by atoms with E-state index in [-0.39, 0.29) is 5.56 Å². The van der Waals surface area contributed by atoms with E-state index < -0.39 is 0 Å². The van der Waals surface area contributed by atoms with Gasteiger partial charge in [-0.1, -0.05) is 0 Å². The van der Waals surface area contributed by atoms with Crippen molar-refractivity contribution < 1.29 is 0 Å². The predicted octanol–water partition coefficient (Wildman–Crippen LogP) is 0.293. The Morgan fingerprint density at radius 2 is 2.33 bits per heavy atom. The fourth-order valence-electron chi connectivity index (χ4n) is 1.06. The van der Waals surface area contributed by atoms with E-state index in [0.717, 1.165) is 5.69 Å². The van der Waals surface area contributed by atoms with Crippen molar-refractivity contribution in [2.24, 2.45) is 0 Å². The van der Waals surface area contributed by atoms with Gasteiger partial charge in [-0.3, -0.25) is 15.0 Å². The van der Waals surface area contributed by atoms with Crippen LogP contribution in [0.25, 0.3) is 11.0 Å². The molecule has 0 saturated heterocycles. The number of fused-ring (bicyclic) bond motifs is 1. The zero-order chi connectivity index (χ0) is 8.55.